The molecule has 0 amide bonds. The van der Waals surface area contributed by atoms with E-state index in [1.54, 1.807) is 0 Å². The van der Waals surface area contributed by atoms with Gasteiger partial charge >= 0.3 is 0 Å². The molecule has 0 saturated carbocycles. The molecular formula is C22H29NO. The van der Waals surface area contributed by atoms with Crippen LogP contribution < -0.4 is 0 Å². The van der Waals surface area contributed by atoms with Crippen molar-refractivity contribution in [1.82, 2.24) is 0 Å². The minimum Gasteiger partial charge on any atom is -0.294 e. The molecule has 0 unspecified atom stereocenters. The molecule has 1 rings (SSSR count). The average Bonchev–Trinajstić information content (AvgIpc) is 2.49. The number of rotatable bonds is 5. The maximum atomic E-state index is 12.8. The van der Waals surface area contributed by atoms with Gasteiger partial charge in [-0.25, -0.2) is 4.99 Å². The van der Waals surface area contributed by atoms with Crippen molar-refractivity contribution >= 4 is 17.2 Å². The molecule has 0 radical (unpaired) electrons. The van der Waals surface area contributed by atoms with Gasteiger partial charge in [-0.1, -0.05) is 63.3 Å². The summed E-state index contributed by atoms with van der Waals surface area (Å²) in [5, 5.41) is 0. The molecule has 0 N–H and O–H groups in total. The summed E-state index contributed by atoms with van der Waals surface area (Å²) >= 11 is 0. The van der Waals surface area contributed by atoms with Gasteiger partial charge in [-0.05, 0) is 39.3 Å². The number of hydrogen-bond acceptors (Lipinski definition) is 2. The van der Waals surface area contributed by atoms with Gasteiger partial charge < -0.3 is 0 Å². The molecule has 2 nitrogen and oxygen atoms in total. The average molecular weight is 323 g/mol. The maximum Gasteiger partial charge on any atom is 0.170 e. The summed E-state index contributed by atoms with van der Waals surface area (Å²) in [5.41, 5.74) is 4.67. The number of carbonyl (C=O) groups is 1. The number of ketones is 1. The van der Waals surface area contributed by atoms with Crippen molar-refractivity contribution in [3.63, 3.8) is 0 Å². The highest BCUT2D eigenvalue weighted by Gasteiger charge is 2.27. The van der Waals surface area contributed by atoms with Gasteiger partial charge in [0, 0.05) is 16.6 Å². The normalized spacial score (nSPS) is 13.9. The Morgan fingerprint density at radius 2 is 1.79 bits per heavy atom. The third-order valence-electron chi connectivity index (χ3n) is 3.69. The predicted octanol–water partition coefficient (Wildman–Crippen LogP) is 5.93. The highest BCUT2D eigenvalue weighted by Crippen LogP contribution is 2.25. The molecule has 0 aliphatic heterocycles. The predicted molar refractivity (Wildman–Crippen MR) is 105 cm³/mol. The highest BCUT2D eigenvalue weighted by atomic mass is 16.1. The second kappa shape index (κ2) is 8.05. The molecule has 0 bridgehead atoms. The zero-order valence-electron chi connectivity index (χ0n) is 16.0. The van der Waals surface area contributed by atoms with E-state index >= 15 is 0 Å². The van der Waals surface area contributed by atoms with Gasteiger partial charge in [0.15, 0.2) is 5.78 Å². The first-order valence-electron chi connectivity index (χ1n) is 8.31. The van der Waals surface area contributed by atoms with Gasteiger partial charge in [0.25, 0.3) is 0 Å². The third kappa shape index (κ3) is 4.89. The number of benzene rings is 1. The topological polar surface area (TPSA) is 29.4 Å². The first kappa shape index (κ1) is 19.8. The second-order valence-electron chi connectivity index (χ2n) is 7.07. The standard InChI is InChI=1S/C22H29NO/c1-9-18(21(24)22(6,7)8)20(15(3)4)23-19(10-2)17-13-11-12-16(5)14-17/h9-14H,3H2,1-2,4-8H3/b18-9+,19-10-,23-20+. The lowest BCUT2D eigenvalue weighted by Crippen LogP contribution is -2.26. The zero-order chi connectivity index (χ0) is 18.5. The van der Waals surface area contributed by atoms with Crippen molar-refractivity contribution in [1.29, 1.82) is 0 Å². The van der Waals surface area contributed by atoms with E-state index in [0.29, 0.717) is 11.3 Å². The smallest absolute Gasteiger partial charge is 0.170 e. The molecule has 0 heterocycles. The molecular weight excluding hydrogens is 294 g/mol. The van der Waals surface area contributed by atoms with Crippen molar-refractivity contribution in [3.05, 3.63) is 65.3 Å². The number of aliphatic imine (C=N–C) groups is 1. The van der Waals surface area contributed by atoms with E-state index in [4.69, 9.17) is 4.99 Å². The maximum absolute atomic E-state index is 12.8. The van der Waals surface area contributed by atoms with Crippen molar-refractivity contribution in [2.75, 3.05) is 0 Å². The fourth-order valence-electron chi connectivity index (χ4n) is 2.39. The number of Topliss-reactive ketones (excluding diaryl/α,β-unsaturated/α-hetero) is 1. The number of allylic oxidation sites excluding steroid dienone is 4. The van der Waals surface area contributed by atoms with Crippen LogP contribution in [0.15, 0.2) is 59.1 Å². The van der Waals surface area contributed by atoms with Crippen molar-refractivity contribution < 1.29 is 4.79 Å². The van der Waals surface area contributed by atoms with Crippen molar-refractivity contribution in [3.8, 4) is 0 Å². The summed E-state index contributed by atoms with van der Waals surface area (Å²) in [7, 11) is 0. The number of nitrogens with zero attached hydrogens (tertiary/aromatic N) is 1. The minimum absolute atomic E-state index is 0.0754. The largest absolute Gasteiger partial charge is 0.294 e. The van der Waals surface area contributed by atoms with Gasteiger partial charge in [-0.3, -0.25) is 4.79 Å². The lowest BCUT2D eigenvalue weighted by atomic mass is 9.83. The minimum atomic E-state index is -0.461. The number of carbonyl (C=O) groups excluding carboxylic acids is 1. The van der Waals surface area contributed by atoms with Crippen LogP contribution in [0.5, 0.6) is 0 Å². The Balaban J connectivity index is 3.45. The zero-order valence-corrected chi connectivity index (χ0v) is 16.0. The van der Waals surface area contributed by atoms with Crippen LogP contribution in [0.1, 0.15) is 52.7 Å². The van der Waals surface area contributed by atoms with Crippen molar-refractivity contribution in [2.45, 2.75) is 48.5 Å². The third-order valence-corrected chi connectivity index (χ3v) is 3.69. The fourth-order valence-corrected chi connectivity index (χ4v) is 2.39. The molecule has 1 aromatic rings. The molecule has 0 atom stereocenters. The Kier molecular flexibility index (Phi) is 6.65. The van der Waals surface area contributed by atoms with Crippen molar-refractivity contribution in [2.24, 2.45) is 10.4 Å². The fraction of sp³-hybridized carbons (Fsp3) is 0.364. The van der Waals surface area contributed by atoms with Gasteiger partial charge in [0.2, 0.25) is 0 Å². The Morgan fingerprint density at radius 3 is 2.21 bits per heavy atom. The highest BCUT2D eigenvalue weighted by molar-refractivity contribution is 6.30. The van der Waals surface area contributed by atoms with E-state index in [-0.39, 0.29) is 5.78 Å². The Bertz CT molecular complexity index is 725. The van der Waals surface area contributed by atoms with Crippen LogP contribution in [0, 0.1) is 12.3 Å². The molecule has 128 valence electrons. The Hall–Kier alpha value is -2.22. The molecule has 2 heteroatoms. The van der Waals surface area contributed by atoms with E-state index in [1.165, 1.54) is 5.56 Å². The molecule has 0 fully saturated rings. The van der Waals surface area contributed by atoms with Crippen LogP contribution in [-0.2, 0) is 4.79 Å². The van der Waals surface area contributed by atoms with Crippen LogP contribution >= 0.6 is 0 Å². The van der Waals surface area contributed by atoms with Crippen LogP contribution in [-0.4, -0.2) is 11.5 Å². The summed E-state index contributed by atoms with van der Waals surface area (Å²) in [6, 6.07) is 8.19. The van der Waals surface area contributed by atoms with E-state index in [1.807, 2.05) is 65.8 Å². The summed E-state index contributed by atoms with van der Waals surface area (Å²) in [4.78, 5) is 17.6. The van der Waals surface area contributed by atoms with E-state index in [9.17, 15) is 4.79 Å². The van der Waals surface area contributed by atoms with Gasteiger partial charge in [-0.15, -0.1) is 0 Å². The SMILES string of the molecule is C=C(C)C(=N\C(=C/C)c1cccc(C)c1)/C(=C\C)C(=O)C(C)(C)C. The van der Waals surface area contributed by atoms with E-state index < -0.39 is 5.41 Å². The van der Waals surface area contributed by atoms with Crippen LogP contribution in [0.25, 0.3) is 5.70 Å². The first-order chi connectivity index (χ1) is 11.1. The quantitative estimate of drug-likeness (QED) is 0.487. The molecule has 0 aromatic heterocycles. The molecule has 0 spiro atoms. The first-order valence-corrected chi connectivity index (χ1v) is 8.31. The summed E-state index contributed by atoms with van der Waals surface area (Å²) in [6.45, 7) is 17.6. The summed E-state index contributed by atoms with van der Waals surface area (Å²) < 4.78 is 0. The van der Waals surface area contributed by atoms with Crippen LogP contribution in [0.3, 0.4) is 0 Å². The van der Waals surface area contributed by atoms with E-state index in [2.05, 4.69) is 25.6 Å². The van der Waals surface area contributed by atoms with Gasteiger partial charge in [-0.2, -0.15) is 0 Å². The molecule has 0 saturated heterocycles. The lowest BCUT2D eigenvalue weighted by molar-refractivity contribution is -0.121. The van der Waals surface area contributed by atoms with Gasteiger partial charge in [0.1, 0.15) is 0 Å². The Labute approximate surface area is 146 Å². The lowest BCUT2D eigenvalue weighted by Gasteiger charge is -2.20. The molecule has 0 aliphatic carbocycles. The molecule has 0 aliphatic rings. The van der Waals surface area contributed by atoms with E-state index in [0.717, 1.165) is 16.8 Å². The number of hydrogen-bond donors (Lipinski definition) is 0. The van der Waals surface area contributed by atoms with Crippen LogP contribution in [0.2, 0.25) is 0 Å². The van der Waals surface area contributed by atoms with Crippen LogP contribution in [0.4, 0.5) is 0 Å². The monoisotopic (exact) mass is 323 g/mol. The number of aryl methyl sites for hydroxylation is 1. The summed E-state index contributed by atoms with van der Waals surface area (Å²) in [5.74, 6) is 0.0754. The summed E-state index contributed by atoms with van der Waals surface area (Å²) in [6.07, 6.45) is 3.80. The Morgan fingerprint density at radius 1 is 1.17 bits per heavy atom. The molecule has 1 aromatic carbocycles. The molecule has 24 heavy (non-hydrogen) atoms. The van der Waals surface area contributed by atoms with Gasteiger partial charge in [0.05, 0.1) is 11.4 Å². The second-order valence-corrected chi connectivity index (χ2v) is 7.07.